The summed E-state index contributed by atoms with van der Waals surface area (Å²) >= 11 is 0. The average molecular weight is 336 g/mol. The van der Waals surface area contributed by atoms with E-state index in [2.05, 4.69) is 6.58 Å². The monoisotopic (exact) mass is 336 g/mol. The van der Waals surface area contributed by atoms with Gasteiger partial charge in [-0.1, -0.05) is 12.7 Å². The van der Waals surface area contributed by atoms with Crippen molar-refractivity contribution >= 4 is 11.9 Å². The molecule has 0 spiro atoms. The van der Waals surface area contributed by atoms with E-state index in [9.17, 15) is 19.8 Å². The number of allylic oxidation sites excluding steroid dienone is 2. The second-order valence-electron chi connectivity index (χ2n) is 6.48. The average Bonchev–Trinajstić information content (AvgIpc) is 3.03. The molecule has 6 unspecified atom stereocenters. The highest BCUT2D eigenvalue weighted by Gasteiger charge is 2.69. The van der Waals surface area contributed by atoms with Gasteiger partial charge >= 0.3 is 11.9 Å². The Labute approximate surface area is 139 Å². The molecule has 1 aliphatic heterocycles. The summed E-state index contributed by atoms with van der Waals surface area (Å²) in [4.78, 5) is 24.6. The minimum absolute atomic E-state index is 0.145. The number of fused-ring (bicyclic) bond motifs is 2. The van der Waals surface area contributed by atoms with Crippen LogP contribution in [0.3, 0.4) is 0 Å². The van der Waals surface area contributed by atoms with Gasteiger partial charge in [-0.2, -0.15) is 0 Å². The fourth-order valence-electron chi connectivity index (χ4n) is 3.65. The van der Waals surface area contributed by atoms with E-state index in [1.54, 1.807) is 12.2 Å². The van der Waals surface area contributed by atoms with E-state index in [0.717, 1.165) is 0 Å². The van der Waals surface area contributed by atoms with Gasteiger partial charge < -0.3 is 24.4 Å². The maximum Gasteiger partial charge on any atom is 0.333 e. The van der Waals surface area contributed by atoms with E-state index >= 15 is 0 Å². The first-order chi connectivity index (χ1) is 11.4. The molecule has 2 bridgehead atoms. The molecule has 2 saturated carbocycles. The van der Waals surface area contributed by atoms with Gasteiger partial charge in [0.15, 0.2) is 0 Å². The molecule has 0 aromatic heterocycles. The largest absolute Gasteiger partial charge is 0.459 e. The molecule has 6 atom stereocenters. The zero-order chi connectivity index (χ0) is 17.5. The Morgan fingerprint density at radius 3 is 2.67 bits per heavy atom. The second-order valence-corrected chi connectivity index (χ2v) is 6.48. The molecular formula is C17H20O7. The van der Waals surface area contributed by atoms with Crippen LogP contribution in [0.1, 0.15) is 19.8 Å². The summed E-state index contributed by atoms with van der Waals surface area (Å²) in [5, 5.41) is 20.8. The lowest BCUT2D eigenvalue weighted by Crippen LogP contribution is -2.55. The van der Waals surface area contributed by atoms with Gasteiger partial charge in [-0.3, -0.25) is 4.79 Å². The first-order valence-electron chi connectivity index (χ1n) is 7.78. The van der Waals surface area contributed by atoms with Crippen LogP contribution in [-0.4, -0.2) is 46.8 Å². The molecule has 0 aromatic carbocycles. The normalized spacial score (nSPS) is 39.4. The van der Waals surface area contributed by atoms with Crippen molar-refractivity contribution in [2.24, 2.45) is 11.3 Å². The summed E-state index contributed by atoms with van der Waals surface area (Å²) in [6.07, 6.45) is 2.46. The lowest BCUT2D eigenvalue weighted by Gasteiger charge is -2.38. The van der Waals surface area contributed by atoms with Crippen molar-refractivity contribution in [1.82, 2.24) is 0 Å². The quantitative estimate of drug-likeness (QED) is 0.572. The number of hydrogen-bond acceptors (Lipinski definition) is 7. The highest BCUT2D eigenvalue weighted by molar-refractivity contribution is 5.88. The third-order valence-electron chi connectivity index (χ3n) is 4.88. The molecule has 24 heavy (non-hydrogen) atoms. The van der Waals surface area contributed by atoms with Gasteiger partial charge in [0.1, 0.15) is 11.5 Å². The van der Waals surface area contributed by atoms with Gasteiger partial charge in [-0.25, -0.2) is 4.79 Å². The maximum absolute atomic E-state index is 12.8. The number of carbonyl (C=O) groups is 2. The number of hydrogen-bond donors (Lipinski definition) is 2. The van der Waals surface area contributed by atoms with Crippen molar-refractivity contribution < 1.29 is 34.0 Å². The SMILES string of the molecule is C=C(C)C(=O)OC1C(O)C2CC(O)C1(C(=O)OC1C=CC=CO1)C2. The minimum atomic E-state index is -1.49. The Kier molecular flexibility index (Phi) is 4.23. The molecule has 0 aromatic rings. The standard InChI is InChI=1S/C17H20O7/c1-9(2)15(20)24-14-13(19)10-7-11(18)17(14,8-10)16(21)23-12-5-3-4-6-22-12/h3-6,10-14,18-19H,1,7-8H2,2H3. The fraction of sp³-hybridized carbons (Fsp3) is 0.529. The Morgan fingerprint density at radius 1 is 1.29 bits per heavy atom. The van der Waals surface area contributed by atoms with Crippen LogP contribution in [0.4, 0.5) is 0 Å². The third kappa shape index (κ3) is 2.53. The highest BCUT2D eigenvalue weighted by atomic mass is 16.7. The Hall–Kier alpha value is -2.12. The number of esters is 2. The van der Waals surface area contributed by atoms with Crippen LogP contribution in [0, 0.1) is 11.3 Å². The smallest absolute Gasteiger partial charge is 0.333 e. The van der Waals surface area contributed by atoms with Crippen molar-refractivity contribution in [2.75, 3.05) is 0 Å². The molecular weight excluding hydrogens is 316 g/mol. The van der Waals surface area contributed by atoms with Crippen LogP contribution >= 0.6 is 0 Å². The highest BCUT2D eigenvalue weighted by Crippen LogP contribution is 2.56. The third-order valence-corrected chi connectivity index (χ3v) is 4.88. The fourth-order valence-corrected chi connectivity index (χ4v) is 3.65. The summed E-state index contributed by atoms with van der Waals surface area (Å²) in [5.41, 5.74) is -1.35. The first-order valence-corrected chi connectivity index (χ1v) is 7.78. The molecule has 0 radical (unpaired) electrons. The Bertz CT molecular complexity index is 622. The molecule has 0 saturated heterocycles. The van der Waals surface area contributed by atoms with E-state index in [-0.39, 0.29) is 24.3 Å². The summed E-state index contributed by atoms with van der Waals surface area (Å²) in [6, 6.07) is 0. The van der Waals surface area contributed by atoms with Gasteiger partial charge in [0.05, 0.1) is 18.5 Å². The topological polar surface area (TPSA) is 102 Å². The van der Waals surface area contributed by atoms with Crippen LogP contribution in [-0.2, 0) is 23.8 Å². The van der Waals surface area contributed by atoms with Crippen LogP contribution in [0.15, 0.2) is 36.6 Å². The zero-order valence-electron chi connectivity index (χ0n) is 13.3. The van der Waals surface area contributed by atoms with Crippen LogP contribution in [0.2, 0.25) is 0 Å². The molecule has 2 N–H and O–H groups in total. The Balaban J connectivity index is 1.83. The molecule has 2 fully saturated rings. The number of aliphatic hydroxyl groups is 2. The summed E-state index contributed by atoms with van der Waals surface area (Å²) in [6.45, 7) is 4.96. The summed E-state index contributed by atoms with van der Waals surface area (Å²) < 4.78 is 15.7. The van der Waals surface area contributed by atoms with Crippen molar-refractivity contribution in [1.29, 1.82) is 0 Å². The van der Waals surface area contributed by atoms with Crippen LogP contribution in [0.5, 0.6) is 0 Å². The Morgan fingerprint density at radius 2 is 2.04 bits per heavy atom. The van der Waals surface area contributed by atoms with Gasteiger partial charge in [0, 0.05) is 5.57 Å². The van der Waals surface area contributed by atoms with Gasteiger partial charge in [0.25, 0.3) is 6.29 Å². The van der Waals surface area contributed by atoms with E-state index in [4.69, 9.17) is 14.2 Å². The maximum atomic E-state index is 12.8. The molecule has 0 amide bonds. The molecule has 2 aliphatic carbocycles. The van der Waals surface area contributed by atoms with Crippen molar-refractivity contribution in [2.45, 2.75) is 44.4 Å². The second kappa shape index (κ2) is 6.07. The molecule has 130 valence electrons. The van der Waals surface area contributed by atoms with E-state index < -0.39 is 42.0 Å². The number of aliphatic hydroxyl groups excluding tert-OH is 2. The predicted octanol–water partition coefficient (Wildman–Crippen LogP) is 0.575. The first kappa shape index (κ1) is 16.7. The van der Waals surface area contributed by atoms with E-state index in [1.807, 2.05) is 0 Å². The van der Waals surface area contributed by atoms with Gasteiger partial charge in [0.2, 0.25) is 0 Å². The predicted molar refractivity (Wildman–Crippen MR) is 81.1 cm³/mol. The lowest BCUT2D eigenvalue weighted by molar-refractivity contribution is -0.200. The molecule has 7 heteroatoms. The van der Waals surface area contributed by atoms with Crippen LogP contribution < -0.4 is 0 Å². The molecule has 7 nitrogen and oxygen atoms in total. The summed E-state index contributed by atoms with van der Waals surface area (Å²) in [7, 11) is 0. The number of ether oxygens (including phenoxy) is 3. The van der Waals surface area contributed by atoms with Gasteiger partial charge in [-0.05, 0) is 37.8 Å². The molecule has 3 rings (SSSR count). The van der Waals surface area contributed by atoms with E-state index in [0.29, 0.717) is 0 Å². The lowest BCUT2D eigenvalue weighted by atomic mass is 9.78. The van der Waals surface area contributed by atoms with Crippen molar-refractivity contribution in [3.8, 4) is 0 Å². The number of carbonyl (C=O) groups excluding carboxylic acids is 2. The van der Waals surface area contributed by atoms with Crippen LogP contribution in [0.25, 0.3) is 0 Å². The van der Waals surface area contributed by atoms with Crippen molar-refractivity contribution in [3.63, 3.8) is 0 Å². The van der Waals surface area contributed by atoms with Crippen molar-refractivity contribution in [3.05, 3.63) is 36.6 Å². The minimum Gasteiger partial charge on any atom is -0.459 e. The molecule has 1 heterocycles. The number of rotatable bonds is 4. The van der Waals surface area contributed by atoms with Gasteiger partial charge in [-0.15, -0.1) is 0 Å². The van der Waals surface area contributed by atoms with E-state index in [1.165, 1.54) is 19.3 Å². The molecule has 3 aliphatic rings. The zero-order valence-corrected chi connectivity index (χ0v) is 13.3. The summed E-state index contributed by atoms with van der Waals surface area (Å²) in [5.74, 6) is -1.81.